The topological polar surface area (TPSA) is 63.7 Å². The minimum Gasteiger partial charge on any atom is -0.467 e. The minimum atomic E-state index is -0.587. The van der Waals surface area contributed by atoms with Crippen LogP contribution in [0, 0.1) is 13.8 Å². The molecule has 0 fully saturated rings. The molecule has 0 N–H and O–H groups in total. The number of amides is 1. The summed E-state index contributed by atoms with van der Waals surface area (Å²) in [5, 5.41) is 1.09. The number of carbonyl (C=O) groups excluding carboxylic acids is 1. The Morgan fingerprint density at radius 3 is 2.53 bits per heavy atom. The summed E-state index contributed by atoms with van der Waals surface area (Å²) in [5.74, 6) is 0.377. The van der Waals surface area contributed by atoms with Crippen LogP contribution in [0.5, 0.6) is 0 Å². The van der Waals surface area contributed by atoms with Crippen molar-refractivity contribution in [2.75, 3.05) is 0 Å². The van der Waals surface area contributed by atoms with Gasteiger partial charge in [0.2, 0.25) is 5.76 Å². The molecule has 30 heavy (non-hydrogen) atoms. The Morgan fingerprint density at radius 1 is 1.07 bits per heavy atom. The summed E-state index contributed by atoms with van der Waals surface area (Å²) in [7, 11) is 0. The van der Waals surface area contributed by atoms with E-state index < -0.39 is 6.04 Å². The Hall–Kier alpha value is -3.31. The van der Waals surface area contributed by atoms with Crippen molar-refractivity contribution in [3.63, 3.8) is 0 Å². The zero-order valence-electron chi connectivity index (χ0n) is 16.4. The van der Waals surface area contributed by atoms with E-state index in [1.807, 2.05) is 32.0 Å². The molecule has 0 saturated carbocycles. The van der Waals surface area contributed by atoms with Gasteiger partial charge in [0, 0.05) is 5.02 Å². The molecular weight excluding hydrogens is 402 g/mol. The van der Waals surface area contributed by atoms with E-state index in [2.05, 4.69) is 0 Å². The highest BCUT2D eigenvalue weighted by Gasteiger charge is 2.43. The van der Waals surface area contributed by atoms with Crippen molar-refractivity contribution < 1.29 is 13.6 Å². The van der Waals surface area contributed by atoms with E-state index in [1.54, 1.807) is 41.5 Å². The van der Waals surface area contributed by atoms with Gasteiger partial charge in [0.15, 0.2) is 5.43 Å². The zero-order valence-corrected chi connectivity index (χ0v) is 17.2. The smallest absolute Gasteiger partial charge is 0.291 e. The Balaban J connectivity index is 1.78. The first-order chi connectivity index (χ1) is 14.4. The van der Waals surface area contributed by atoms with Crippen LogP contribution >= 0.6 is 11.6 Å². The molecule has 6 heteroatoms. The molecule has 0 spiro atoms. The summed E-state index contributed by atoms with van der Waals surface area (Å²) in [6.45, 7) is 4.03. The zero-order chi connectivity index (χ0) is 21.0. The molecule has 1 aliphatic heterocycles. The van der Waals surface area contributed by atoms with E-state index >= 15 is 0 Å². The monoisotopic (exact) mass is 419 g/mol. The summed E-state index contributed by atoms with van der Waals surface area (Å²) in [4.78, 5) is 28.6. The molecule has 0 aliphatic carbocycles. The van der Waals surface area contributed by atoms with E-state index in [4.69, 9.17) is 20.4 Å². The lowest BCUT2D eigenvalue weighted by molar-refractivity contribution is 0.0701. The Labute approximate surface area is 177 Å². The van der Waals surface area contributed by atoms with Crippen LogP contribution in [0.25, 0.3) is 11.0 Å². The Morgan fingerprint density at radius 2 is 1.83 bits per heavy atom. The number of benzene rings is 2. The highest BCUT2D eigenvalue weighted by Crippen LogP contribution is 2.39. The lowest BCUT2D eigenvalue weighted by atomic mass is 9.97. The van der Waals surface area contributed by atoms with Crippen LogP contribution in [0.2, 0.25) is 5.02 Å². The number of furan rings is 1. The first-order valence-electron chi connectivity index (χ1n) is 9.61. The molecule has 0 saturated heterocycles. The van der Waals surface area contributed by atoms with Crippen molar-refractivity contribution in [1.29, 1.82) is 0 Å². The fraction of sp³-hybridized carbons (Fsp3) is 0.167. The molecule has 0 radical (unpaired) electrons. The van der Waals surface area contributed by atoms with Crippen LogP contribution in [-0.4, -0.2) is 10.8 Å². The molecule has 1 atom stereocenters. The van der Waals surface area contributed by atoms with Crippen molar-refractivity contribution in [2.24, 2.45) is 0 Å². The van der Waals surface area contributed by atoms with E-state index in [1.165, 1.54) is 0 Å². The third-order valence-electron chi connectivity index (χ3n) is 5.50. The average Bonchev–Trinajstić information content (AvgIpc) is 3.30. The Kier molecular flexibility index (Phi) is 4.29. The minimum absolute atomic E-state index is 0.0870. The van der Waals surface area contributed by atoms with Crippen LogP contribution in [0.3, 0.4) is 0 Å². The molecule has 5 nitrogen and oxygen atoms in total. The van der Waals surface area contributed by atoms with Gasteiger partial charge < -0.3 is 13.7 Å². The molecule has 3 heterocycles. The number of hydrogen-bond donors (Lipinski definition) is 0. The largest absolute Gasteiger partial charge is 0.467 e. The fourth-order valence-corrected chi connectivity index (χ4v) is 4.36. The van der Waals surface area contributed by atoms with Crippen molar-refractivity contribution in [1.82, 2.24) is 4.90 Å². The molecule has 2 aromatic carbocycles. The van der Waals surface area contributed by atoms with Crippen LogP contribution in [0.15, 0.2) is 68.4 Å². The predicted octanol–water partition coefficient (Wildman–Crippen LogP) is 5.40. The molecule has 0 unspecified atom stereocenters. The van der Waals surface area contributed by atoms with E-state index in [0.29, 0.717) is 27.3 Å². The van der Waals surface area contributed by atoms with E-state index in [0.717, 1.165) is 16.7 Å². The molecule has 0 bridgehead atoms. The second-order valence-corrected chi connectivity index (χ2v) is 8.03. The first kappa shape index (κ1) is 18.7. The lowest BCUT2D eigenvalue weighted by Gasteiger charge is -2.24. The second-order valence-electron chi connectivity index (χ2n) is 7.60. The van der Waals surface area contributed by atoms with Crippen molar-refractivity contribution in [3.05, 3.63) is 104 Å². The van der Waals surface area contributed by atoms with Gasteiger partial charge in [0.05, 0.1) is 29.8 Å². The van der Waals surface area contributed by atoms with Gasteiger partial charge in [-0.3, -0.25) is 9.59 Å². The van der Waals surface area contributed by atoms with Gasteiger partial charge in [-0.1, -0.05) is 29.8 Å². The molecule has 2 aromatic heterocycles. The Bertz CT molecular complexity index is 1340. The van der Waals surface area contributed by atoms with Crippen LogP contribution in [0.4, 0.5) is 0 Å². The quantitative estimate of drug-likeness (QED) is 0.446. The van der Waals surface area contributed by atoms with Crippen LogP contribution < -0.4 is 5.43 Å². The number of aryl methyl sites for hydroxylation is 2. The molecule has 1 amide bonds. The normalized spacial score (nSPS) is 15.8. The maximum atomic E-state index is 13.6. The van der Waals surface area contributed by atoms with Crippen LogP contribution in [-0.2, 0) is 6.54 Å². The number of halogens is 1. The maximum Gasteiger partial charge on any atom is 0.291 e. The third-order valence-corrected chi connectivity index (χ3v) is 5.76. The average molecular weight is 420 g/mol. The second kappa shape index (κ2) is 6.89. The number of rotatable bonds is 3. The lowest BCUT2D eigenvalue weighted by Crippen LogP contribution is -2.29. The summed E-state index contributed by atoms with van der Waals surface area (Å²) >= 11 is 6.07. The summed E-state index contributed by atoms with van der Waals surface area (Å²) in [5.41, 5.74) is 3.18. The number of nitrogens with zero attached hydrogens (tertiary/aromatic N) is 1. The molecule has 150 valence electrons. The number of carbonyl (C=O) groups is 1. The summed E-state index contributed by atoms with van der Waals surface area (Å²) < 4.78 is 11.5. The van der Waals surface area contributed by atoms with Crippen LogP contribution in [0.1, 0.15) is 44.6 Å². The number of hydrogen-bond acceptors (Lipinski definition) is 4. The highest BCUT2D eigenvalue weighted by molar-refractivity contribution is 6.30. The van der Waals surface area contributed by atoms with Gasteiger partial charge in [-0.05, 0) is 60.9 Å². The SMILES string of the molecule is Cc1cc(C)c2c(=O)c3c(oc2c1)C(=O)N(Cc1ccco1)[C@H]3c1ccc(Cl)cc1. The predicted molar refractivity (Wildman–Crippen MR) is 114 cm³/mol. The van der Waals surface area contributed by atoms with Gasteiger partial charge in [-0.25, -0.2) is 0 Å². The molecule has 5 rings (SSSR count). The van der Waals surface area contributed by atoms with E-state index in [-0.39, 0.29) is 23.6 Å². The molecular formula is C24H18ClNO4. The highest BCUT2D eigenvalue weighted by atomic mass is 35.5. The van der Waals surface area contributed by atoms with Gasteiger partial charge in [-0.2, -0.15) is 0 Å². The third kappa shape index (κ3) is 2.85. The van der Waals surface area contributed by atoms with Crippen molar-refractivity contribution >= 4 is 28.5 Å². The summed E-state index contributed by atoms with van der Waals surface area (Å²) in [6, 6.07) is 13.9. The summed E-state index contributed by atoms with van der Waals surface area (Å²) in [6.07, 6.45) is 1.56. The van der Waals surface area contributed by atoms with E-state index in [9.17, 15) is 9.59 Å². The molecule has 4 aromatic rings. The van der Waals surface area contributed by atoms with Gasteiger partial charge in [-0.15, -0.1) is 0 Å². The van der Waals surface area contributed by atoms with Gasteiger partial charge in [0.1, 0.15) is 11.3 Å². The van der Waals surface area contributed by atoms with Gasteiger partial charge in [0.25, 0.3) is 5.91 Å². The van der Waals surface area contributed by atoms with Crippen molar-refractivity contribution in [2.45, 2.75) is 26.4 Å². The fourth-order valence-electron chi connectivity index (χ4n) is 4.24. The standard InChI is InChI=1S/C24H18ClNO4/c1-13-10-14(2)19-18(11-13)30-23-20(22(19)27)21(15-5-7-16(25)8-6-15)26(24(23)28)12-17-4-3-9-29-17/h3-11,21H,12H2,1-2H3/t21-/m0/s1. The molecule has 1 aliphatic rings. The van der Waals surface area contributed by atoms with Crippen molar-refractivity contribution in [3.8, 4) is 0 Å². The number of fused-ring (bicyclic) bond motifs is 2. The van der Waals surface area contributed by atoms with Gasteiger partial charge >= 0.3 is 0 Å². The first-order valence-corrected chi connectivity index (χ1v) is 9.98. The maximum absolute atomic E-state index is 13.6.